The molecular formula is C10H19NO2. The van der Waals surface area contributed by atoms with Gasteiger partial charge in [0.15, 0.2) is 0 Å². The standard InChI is InChI=1S/C10H19NO2/c1-8(10(12)11(2)3)9-4-6-13-7-5-9/h8-9H,4-7H2,1-3H3. The van der Waals surface area contributed by atoms with Gasteiger partial charge in [-0.05, 0) is 18.8 Å². The van der Waals surface area contributed by atoms with Crippen LogP contribution >= 0.6 is 0 Å². The van der Waals surface area contributed by atoms with Gasteiger partial charge in [0.05, 0.1) is 0 Å². The second-order valence-corrected chi connectivity index (χ2v) is 3.97. The van der Waals surface area contributed by atoms with Crippen LogP contribution in [-0.4, -0.2) is 38.1 Å². The first-order valence-electron chi connectivity index (χ1n) is 4.92. The number of carbonyl (C=O) groups excluding carboxylic acids is 1. The average Bonchev–Trinajstić information content (AvgIpc) is 2.17. The molecule has 0 aromatic heterocycles. The van der Waals surface area contributed by atoms with E-state index in [1.807, 2.05) is 21.0 Å². The maximum atomic E-state index is 11.6. The van der Waals surface area contributed by atoms with Crippen LogP contribution in [0, 0.1) is 11.8 Å². The van der Waals surface area contributed by atoms with Gasteiger partial charge in [-0.1, -0.05) is 6.92 Å². The van der Waals surface area contributed by atoms with Crippen LogP contribution in [0.15, 0.2) is 0 Å². The topological polar surface area (TPSA) is 29.5 Å². The predicted molar refractivity (Wildman–Crippen MR) is 51.4 cm³/mol. The molecule has 1 atom stereocenters. The molecule has 1 rings (SSSR count). The van der Waals surface area contributed by atoms with E-state index in [9.17, 15) is 4.79 Å². The van der Waals surface area contributed by atoms with Gasteiger partial charge in [-0.3, -0.25) is 4.79 Å². The Morgan fingerprint density at radius 2 is 1.92 bits per heavy atom. The van der Waals surface area contributed by atoms with Crippen molar-refractivity contribution in [3.8, 4) is 0 Å². The number of rotatable bonds is 2. The second-order valence-electron chi connectivity index (χ2n) is 3.97. The Kier molecular flexibility index (Phi) is 3.72. The van der Waals surface area contributed by atoms with E-state index >= 15 is 0 Å². The summed E-state index contributed by atoms with van der Waals surface area (Å²) in [6.45, 7) is 3.66. The highest BCUT2D eigenvalue weighted by Gasteiger charge is 2.26. The molecule has 13 heavy (non-hydrogen) atoms. The minimum Gasteiger partial charge on any atom is -0.381 e. The third-order valence-corrected chi connectivity index (χ3v) is 2.80. The average molecular weight is 185 g/mol. The molecular weight excluding hydrogens is 166 g/mol. The molecule has 1 unspecified atom stereocenters. The van der Waals surface area contributed by atoms with Gasteiger partial charge < -0.3 is 9.64 Å². The van der Waals surface area contributed by atoms with Crippen molar-refractivity contribution in [1.29, 1.82) is 0 Å². The molecule has 3 nitrogen and oxygen atoms in total. The molecule has 1 aliphatic heterocycles. The summed E-state index contributed by atoms with van der Waals surface area (Å²) in [6, 6.07) is 0. The zero-order valence-electron chi connectivity index (χ0n) is 8.75. The zero-order chi connectivity index (χ0) is 9.84. The van der Waals surface area contributed by atoms with Crippen LogP contribution in [0.3, 0.4) is 0 Å². The molecule has 0 aromatic carbocycles. The summed E-state index contributed by atoms with van der Waals surface area (Å²) in [6.07, 6.45) is 2.06. The lowest BCUT2D eigenvalue weighted by Gasteiger charge is -2.28. The number of hydrogen-bond acceptors (Lipinski definition) is 2. The van der Waals surface area contributed by atoms with E-state index in [-0.39, 0.29) is 11.8 Å². The first-order valence-corrected chi connectivity index (χ1v) is 4.92. The van der Waals surface area contributed by atoms with Crippen LogP contribution in [0.4, 0.5) is 0 Å². The van der Waals surface area contributed by atoms with E-state index in [1.165, 1.54) is 0 Å². The number of ether oxygens (including phenoxy) is 1. The predicted octanol–water partition coefficient (Wildman–Crippen LogP) is 1.14. The van der Waals surface area contributed by atoms with Gasteiger partial charge in [0, 0.05) is 33.2 Å². The third-order valence-electron chi connectivity index (χ3n) is 2.80. The fourth-order valence-electron chi connectivity index (χ4n) is 1.82. The summed E-state index contributed by atoms with van der Waals surface area (Å²) < 4.78 is 5.27. The molecule has 0 bridgehead atoms. The van der Waals surface area contributed by atoms with E-state index in [4.69, 9.17) is 4.74 Å². The van der Waals surface area contributed by atoms with Crippen molar-refractivity contribution in [3.05, 3.63) is 0 Å². The third kappa shape index (κ3) is 2.69. The highest BCUT2D eigenvalue weighted by Crippen LogP contribution is 2.24. The lowest BCUT2D eigenvalue weighted by atomic mass is 9.86. The lowest BCUT2D eigenvalue weighted by molar-refractivity contribution is -0.135. The SMILES string of the molecule is CC(C(=O)N(C)C)C1CCOCC1. The van der Waals surface area contributed by atoms with E-state index < -0.39 is 0 Å². The summed E-state index contributed by atoms with van der Waals surface area (Å²) >= 11 is 0. The monoisotopic (exact) mass is 185 g/mol. The minimum atomic E-state index is 0.152. The van der Waals surface area contributed by atoms with E-state index in [2.05, 4.69) is 0 Å². The summed E-state index contributed by atoms with van der Waals surface area (Å²) in [4.78, 5) is 13.3. The molecule has 0 aromatic rings. The van der Waals surface area contributed by atoms with Gasteiger partial charge in [0.1, 0.15) is 0 Å². The first kappa shape index (κ1) is 10.5. The van der Waals surface area contributed by atoms with Crippen LogP contribution in [0.1, 0.15) is 19.8 Å². The maximum Gasteiger partial charge on any atom is 0.225 e. The quantitative estimate of drug-likeness (QED) is 0.645. The maximum absolute atomic E-state index is 11.6. The van der Waals surface area contributed by atoms with Crippen molar-refractivity contribution in [1.82, 2.24) is 4.90 Å². The molecule has 1 heterocycles. The zero-order valence-corrected chi connectivity index (χ0v) is 8.75. The highest BCUT2D eigenvalue weighted by molar-refractivity contribution is 5.78. The minimum absolute atomic E-state index is 0.152. The Morgan fingerprint density at radius 3 is 2.38 bits per heavy atom. The van der Waals surface area contributed by atoms with E-state index in [0.717, 1.165) is 26.1 Å². The van der Waals surface area contributed by atoms with E-state index in [1.54, 1.807) is 4.90 Å². The van der Waals surface area contributed by atoms with Gasteiger partial charge >= 0.3 is 0 Å². The molecule has 0 saturated carbocycles. The summed E-state index contributed by atoms with van der Waals surface area (Å²) in [5.74, 6) is 0.912. The Bertz CT molecular complexity index is 174. The molecule has 76 valence electrons. The van der Waals surface area contributed by atoms with E-state index in [0.29, 0.717) is 5.92 Å². The lowest BCUT2D eigenvalue weighted by Crippen LogP contribution is -2.34. The number of nitrogens with zero attached hydrogens (tertiary/aromatic N) is 1. The largest absolute Gasteiger partial charge is 0.381 e. The van der Waals surface area contributed by atoms with Gasteiger partial charge in [-0.25, -0.2) is 0 Å². The summed E-state index contributed by atoms with van der Waals surface area (Å²) in [5.41, 5.74) is 0. The van der Waals surface area contributed by atoms with Gasteiger partial charge in [0.2, 0.25) is 5.91 Å². The molecule has 1 fully saturated rings. The molecule has 0 aliphatic carbocycles. The van der Waals surface area contributed by atoms with Crippen molar-refractivity contribution >= 4 is 5.91 Å². The van der Waals surface area contributed by atoms with Crippen molar-refractivity contribution in [2.45, 2.75) is 19.8 Å². The van der Waals surface area contributed by atoms with Crippen molar-refractivity contribution in [3.63, 3.8) is 0 Å². The number of amides is 1. The molecule has 1 aliphatic rings. The normalized spacial score (nSPS) is 21.2. The highest BCUT2D eigenvalue weighted by atomic mass is 16.5. The van der Waals surface area contributed by atoms with Gasteiger partial charge in [-0.15, -0.1) is 0 Å². The molecule has 0 N–H and O–H groups in total. The molecule has 0 spiro atoms. The van der Waals surface area contributed by atoms with Gasteiger partial charge in [-0.2, -0.15) is 0 Å². The second kappa shape index (κ2) is 4.61. The molecule has 1 amide bonds. The Labute approximate surface area is 80.1 Å². The summed E-state index contributed by atoms with van der Waals surface area (Å²) in [5, 5.41) is 0. The first-order chi connectivity index (χ1) is 6.13. The molecule has 0 radical (unpaired) electrons. The van der Waals surface area contributed by atoms with Crippen molar-refractivity contribution in [2.24, 2.45) is 11.8 Å². The Hall–Kier alpha value is -0.570. The van der Waals surface area contributed by atoms with Crippen LogP contribution in [0.5, 0.6) is 0 Å². The molecule has 1 saturated heterocycles. The van der Waals surface area contributed by atoms with Crippen LogP contribution in [0.2, 0.25) is 0 Å². The number of carbonyl (C=O) groups is 1. The van der Waals surface area contributed by atoms with Crippen molar-refractivity contribution < 1.29 is 9.53 Å². The molecule has 3 heteroatoms. The fourth-order valence-corrected chi connectivity index (χ4v) is 1.82. The number of hydrogen-bond donors (Lipinski definition) is 0. The fraction of sp³-hybridized carbons (Fsp3) is 0.900. The van der Waals surface area contributed by atoms with Crippen LogP contribution in [-0.2, 0) is 9.53 Å². The summed E-state index contributed by atoms with van der Waals surface area (Å²) in [7, 11) is 3.64. The Balaban J connectivity index is 2.45. The smallest absolute Gasteiger partial charge is 0.225 e. The van der Waals surface area contributed by atoms with Crippen LogP contribution < -0.4 is 0 Å². The van der Waals surface area contributed by atoms with Crippen LogP contribution in [0.25, 0.3) is 0 Å². The van der Waals surface area contributed by atoms with Crippen molar-refractivity contribution in [2.75, 3.05) is 27.3 Å². The Morgan fingerprint density at radius 1 is 1.38 bits per heavy atom. The van der Waals surface area contributed by atoms with Gasteiger partial charge in [0.25, 0.3) is 0 Å².